The first kappa shape index (κ1) is 16.6. The van der Waals surface area contributed by atoms with Gasteiger partial charge in [0.25, 0.3) is 0 Å². The van der Waals surface area contributed by atoms with Crippen LogP contribution in [-0.2, 0) is 4.74 Å². The van der Waals surface area contributed by atoms with E-state index >= 15 is 0 Å². The fourth-order valence-corrected chi connectivity index (χ4v) is 4.26. The van der Waals surface area contributed by atoms with E-state index in [2.05, 4.69) is 50.3 Å². The van der Waals surface area contributed by atoms with Crippen LogP contribution in [0.15, 0.2) is 48.5 Å². The number of hydrogen-bond acceptors (Lipinski definition) is 6. The van der Waals surface area contributed by atoms with Crippen molar-refractivity contribution in [2.24, 2.45) is 0 Å². The van der Waals surface area contributed by atoms with Gasteiger partial charge in [-0.3, -0.25) is 8.61 Å². The Morgan fingerprint density at radius 3 is 2.88 bits per heavy atom. The first-order valence-corrected chi connectivity index (χ1v) is 9.39. The van der Waals surface area contributed by atoms with Crippen molar-refractivity contribution in [2.45, 2.75) is 12.5 Å². The molecule has 0 amide bonds. The quantitative estimate of drug-likeness (QED) is 0.824. The van der Waals surface area contributed by atoms with Crippen molar-refractivity contribution in [3.05, 3.63) is 48.5 Å². The summed E-state index contributed by atoms with van der Waals surface area (Å²) in [5, 5.41) is 3.40. The van der Waals surface area contributed by atoms with Crippen LogP contribution in [0.5, 0.6) is 5.75 Å². The van der Waals surface area contributed by atoms with E-state index in [9.17, 15) is 0 Å². The van der Waals surface area contributed by atoms with Gasteiger partial charge in [0.1, 0.15) is 5.75 Å². The molecule has 0 spiro atoms. The molecule has 25 heavy (non-hydrogen) atoms. The third-order valence-electron chi connectivity index (χ3n) is 4.50. The molecule has 0 aliphatic carbocycles. The van der Waals surface area contributed by atoms with Crippen molar-refractivity contribution in [2.75, 3.05) is 42.0 Å². The summed E-state index contributed by atoms with van der Waals surface area (Å²) in [5.74, 6) is 0.871. The van der Waals surface area contributed by atoms with Gasteiger partial charge in [-0.25, -0.2) is 0 Å². The van der Waals surface area contributed by atoms with Gasteiger partial charge in [-0.15, -0.1) is 0 Å². The summed E-state index contributed by atoms with van der Waals surface area (Å²) in [6.07, 6.45) is 1.31. The highest BCUT2D eigenvalue weighted by Crippen LogP contribution is 2.49. The number of para-hydroxylation sites is 2. The van der Waals surface area contributed by atoms with E-state index in [1.807, 2.05) is 12.1 Å². The second kappa shape index (κ2) is 7.56. The largest absolute Gasteiger partial charge is 0.497 e. The number of hydrogen-bond donors (Lipinski definition) is 1. The van der Waals surface area contributed by atoms with E-state index in [1.165, 1.54) is 11.4 Å². The lowest BCUT2D eigenvalue weighted by atomic mass is 10.2. The van der Waals surface area contributed by atoms with Gasteiger partial charge in [-0.05, 0) is 30.7 Å². The van der Waals surface area contributed by atoms with Crippen molar-refractivity contribution in [1.29, 1.82) is 0 Å². The molecule has 2 heterocycles. The lowest BCUT2D eigenvalue weighted by Gasteiger charge is -2.26. The summed E-state index contributed by atoms with van der Waals surface area (Å²) in [5.41, 5.74) is 3.58. The Bertz CT molecular complexity index is 721. The Morgan fingerprint density at radius 2 is 2.08 bits per heavy atom. The normalized spacial score (nSPS) is 19.8. The number of morpholine rings is 1. The van der Waals surface area contributed by atoms with Gasteiger partial charge in [0.15, 0.2) is 0 Å². The molecule has 2 aliphatic rings. The molecule has 0 aromatic heterocycles. The average Bonchev–Trinajstić information content (AvgIpc) is 3.06. The van der Waals surface area contributed by atoms with Crippen molar-refractivity contribution in [1.82, 2.24) is 5.32 Å². The molecule has 0 radical (unpaired) electrons. The smallest absolute Gasteiger partial charge is 0.120 e. The predicted molar refractivity (Wildman–Crippen MR) is 104 cm³/mol. The highest BCUT2D eigenvalue weighted by Gasteiger charge is 2.29. The second-order valence-electron chi connectivity index (χ2n) is 6.15. The molecule has 2 aliphatic heterocycles. The van der Waals surface area contributed by atoms with Crippen molar-refractivity contribution in [3.8, 4) is 5.75 Å². The first-order valence-electron chi connectivity index (χ1n) is 8.66. The number of ether oxygens (including phenoxy) is 2. The van der Waals surface area contributed by atoms with Gasteiger partial charge in [-0.2, -0.15) is 0 Å². The summed E-state index contributed by atoms with van der Waals surface area (Å²) in [6.45, 7) is 3.67. The molecule has 4 rings (SSSR count). The summed E-state index contributed by atoms with van der Waals surface area (Å²) in [4.78, 5) is 0. The standard InChI is InChI=1S/C19H23N3O2S/c1-23-16-6-4-5-15(13-16)22-19-8-3-2-7-18(19)21(25-22)11-9-17-14-20-10-12-24-17/h2-8,13,17,20H,9-12,14H2,1H3/t17-/m0/s1. The zero-order chi connectivity index (χ0) is 17.1. The van der Waals surface area contributed by atoms with Crippen LogP contribution in [0.2, 0.25) is 0 Å². The monoisotopic (exact) mass is 357 g/mol. The Labute approximate surface area is 153 Å². The minimum atomic E-state index is 0.299. The number of nitrogens with one attached hydrogen (secondary N) is 1. The number of methoxy groups -OCH3 is 1. The molecule has 0 saturated carbocycles. The van der Waals surface area contributed by atoms with Crippen molar-refractivity contribution in [3.63, 3.8) is 0 Å². The van der Waals surface area contributed by atoms with E-state index in [1.54, 1.807) is 19.2 Å². The van der Waals surface area contributed by atoms with Gasteiger partial charge >= 0.3 is 0 Å². The van der Waals surface area contributed by atoms with Gasteiger partial charge in [0.2, 0.25) is 0 Å². The van der Waals surface area contributed by atoms with Crippen molar-refractivity contribution < 1.29 is 9.47 Å². The average molecular weight is 357 g/mol. The minimum absolute atomic E-state index is 0.299. The van der Waals surface area contributed by atoms with Gasteiger partial charge in [0, 0.05) is 25.7 Å². The van der Waals surface area contributed by atoms with Crippen LogP contribution in [0.1, 0.15) is 6.42 Å². The van der Waals surface area contributed by atoms with Gasteiger partial charge in [-0.1, -0.05) is 18.2 Å². The molecule has 1 saturated heterocycles. The number of rotatable bonds is 5. The maximum atomic E-state index is 5.84. The number of benzene rings is 2. The summed E-state index contributed by atoms with van der Waals surface area (Å²) >= 11 is 1.74. The molecule has 1 fully saturated rings. The number of nitrogens with zero attached hydrogens (tertiary/aromatic N) is 2. The van der Waals surface area contributed by atoms with E-state index in [0.29, 0.717) is 6.10 Å². The molecule has 0 bridgehead atoms. The van der Waals surface area contributed by atoms with Crippen molar-refractivity contribution >= 4 is 29.2 Å². The molecular weight excluding hydrogens is 334 g/mol. The topological polar surface area (TPSA) is 37.0 Å². The molecule has 2 aromatic rings. The minimum Gasteiger partial charge on any atom is -0.497 e. The summed E-state index contributed by atoms with van der Waals surface area (Å²) in [7, 11) is 1.70. The number of anilines is 3. The first-order chi connectivity index (χ1) is 12.3. The summed E-state index contributed by atoms with van der Waals surface area (Å²) < 4.78 is 15.8. The SMILES string of the molecule is COc1cccc(N2SN(CC[C@H]3CNCCO3)c3ccccc32)c1. The maximum absolute atomic E-state index is 5.84. The Hall–Kier alpha value is -1.89. The maximum Gasteiger partial charge on any atom is 0.120 e. The Balaban J connectivity index is 1.52. The third kappa shape index (κ3) is 3.56. The second-order valence-corrected chi connectivity index (χ2v) is 7.12. The molecule has 1 N–H and O–H groups in total. The van der Waals surface area contributed by atoms with Crippen LogP contribution in [0, 0.1) is 0 Å². The van der Waals surface area contributed by atoms with E-state index in [-0.39, 0.29) is 0 Å². The Kier molecular flexibility index (Phi) is 5.01. The lowest BCUT2D eigenvalue weighted by Crippen LogP contribution is -2.39. The Morgan fingerprint density at radius 1 is 1.20 bits per heavy atom. The van der Waals surface area contributed by atoms with Crippen LogP contribution in [-0.4, -0.2) is 39.5 Å². The van der Waals surface area contributed by atoms with E-state index in [4.69, 9.17) is 9.47 Å². The van der Waals surface area contributed by atoms with Crippen LogP contribution in [0.25, 0.3) is 0 Å². The highest BCUT2D eigenvalue weighted by atomic mass is 32.2. The molecule has 5 nitrogen and oxygen atoms in total. The molecule has 6 heteroatoms. The predicted octanol–water partition coefficient (Wildman–Crippen LogP) is 3.60. The fourth-order valence-electron chi connectivity index (χ4n) is 3.18. The lowest BCUT2D eigenvalue weighted by molar-refractivity contribution is 0.0254. The zero-order valence-corrected chi connectivity index (χ0v) is 15.2. The van der Waals surface area contributed by atoms with Gasteiger partial charge < -0.3 is 14.8 Å². The van der Waals surface area contributed by atoms with Gasteiger partial charge in [0.05, 0.1) is 49.0 Å². The van der Waals surface area contributed by atoms with E-state index < -0.39 is 0 Å². The molecule has 132 valence electrons. The van der Waals surface area contributed by atoms with E-state index in [0.717, 1.165) is 44.1 Å². The molecule has 0 unspecified atom stereocenters. The number of fused-ring (bicyclic) bond motifs is 1. The fraction of sp³-hybridized carbons (Fsp3) is 0.368. The highest BCUT2D eigenvalue weighted by molar-refractivity contribution is 8.02. The van der Waals surface area contributed by atoms with Crippen LogP contribution < -0.4 is 18.7 Å². The van der Waals surface area contributed by atoms with Crippen LogP contribution in [0.3, 0.4) is 0 Å². The third-order valence-corrected chi connectivity index (χ3v) is 5.64. The van der Waals surface area contributed by atoms with Crippen LogP contribution in [0.4, 0.5) is 17.1 Å². The molecular formula is C19H23N3O2S. The molecule has 1 atom stereocenters. The van der Waals surface area contributed by atoms with Crippen LogP contribution >= 0.6 is 12.1 Å². The molecule has 2 aromatic carbocycles. The summed E-state index contributed by atoms with van der Waals surface area (Å²) in [6, 6.07) is 16.7. The zero-order valence-electron chi connectivity index (χ0n) is 14.4.